The largest absolute Gasteiger partial charge is 0.378 e. The van der Waals surface area contributed by atoms with E-state index in [9.17, 15) is 0 Å². The molecule has 3 nitrogen and oxygen atoms in total. The maximum absolute atomic E-state index is 6.37. The number of hydrogen-bond donors (Lipinski definition) is 1. The van der Waals surface area contributed by atoms with Crippen LogP contribution < -0.4 is 10.2 Å². The number of halogens is 1. The fourth-order valence-electron chi connectivity index (χ4n) is 2.31. The normalized spacial score (nSPS) is 16.1. The van der Waals surface area contributed by atoms with E-state index in [0.29, 0.717) is 5.92 Å². The molecule has 1 saturated heterocycles. The predicted octanol–water partition coefficient (Wildman–Crippen LogP) is 2.92. The third kappa shape index (κ3) is 4.10. The van der Waals surface area contributed by atoms with Crippen molar-refractivity contribution in [2.45, 2.75) is 20.4 Å². The Morgan fingerprint density at radius 1 is 1.32 bits per heavy atom. The summed E-state index contributed by atoms with van der Waals surface area (Å²) >= 11 is 6.37. The number of nitrogens with one attached hydrogen (secondary N) is 1. The van der Waals surface area contributed by atoms with Crippen molar-refractivity contribution in [3.05, 3.63) is 28.8 Å². The third-order valence-electron chi connectivity index (χ3n) is 3.30. The monoisotopic (exact) mass is 282 g/mol. The highest BCUT2D eigenvalue weighted by Crippen LogP contribution is 2.28. The molecule has 0 amide bonds. The van der Waals surface area contributed by atoms with E-state index >= 15 is 0 Å². The van der Waals surface area contributed by atoms with E-state index in [-0.39, 0.29) is 0 Å². The summed E-state index contributed by atoms with van der Waals surface area (Å²) in [7, 11) is 0. The van der Waals surface area contributed by atoms with Gasteiger partial charge < -0.3 is 15.0 Å². The van der Waals surface area contributed by atoms with Crippen molar-refractivity contribution in [1.29, 1.82) is 0 Å². The van der Waals surface area contributed by atoms with Gasteiger partial charge in [-0.15, -0.1) is 0 Å². The third-order valence-corrected chi connectivity index (χ3v) is 3.65. The molecule has 1 N–H and O–H groups in total. The molecule has 1 aromatic rings. The fraction of sp³-hybridized carbons (Fsp3) is 0.600. The van der Waals surface area contributed by atoms with Gasteiger partial charge in [-0.25, -0.2) is 0 Å². The van der Waals surface area contributed by atoms with Gasteiger partial charge in [0.25, 0.3) is 0 Å². The Hall–Kier alpha value is -0.770. The molecule has 2 rings (SSSR count). The summed E-state index contributed by atoms with van der Waals surface area (Å²) in [4.78, 5) is 2.36. The van der Waals surface area contributed by atoms with Gasteiger partial charge in [-0.1, -0.05) is 31.5 Å². The summed E-state index contributed by atoms with van der Waals surface area (Å²) < 4.78 is 5.41. The van der Waals surface area contributed by atoms with Gasteiger partial charge in [-0.05, 0) is 24.6 Å². The van der Waals surface area contributed by atoms with Gasteiger partial charge in [0.05, 0.1) is 13.2 Å². The van der Waals surface area contributed by atoms with Crippen LogP contribution in [-0.2, 0) is 11.3 Å². The zero-order valence-corrected chi connectivity index (χ0v) is 12.5. The quantitative estimate of drug-likeness (QED) is 0.899. The van der Waals surface area contributed by atoms with Gasteiger partial charge in [-0.3, -0.25) is 0 Å². The first-order chi connectivity index (χ1) is 9.18. The van der Waals surface area contributed by atoms with Crippen molar-refractivity contribution in [3.8, 4) is 0 Å². The summed E-state index contributed by atoms with van der Waals surface area (Å²) in [5.41, 5.74) is 2.44. The average molecular weight is 283 g/mol. The molecule has 4 heteroatoms. The van der Waals surface area contributed by atoms with Crippen LogP contribution in [0.15, 0.2) is 18.2 Å². The van der Waals surface area contributed by atoms with Crippen molar-refractivity contribution in [3.63, 3.8) is 0 Å². The molecule has 0 aromatic heterocycles. The highest BCUT2D eigenvalue weighted by atomic mass is 35.5. The van der Waals surface area contributed by atoms with Crippen LogP contribution in [-0.4, -0.2) is 32.8 Å². The van der Waals surface area contributed by atoms with E-state index in [1.165, 1.54) is 11.3 Å². The summed E-state index contributed by atoms with van der Waals surface area (Å²) in [6.45, 7) is 9.73. The smallest absolute Gasteiger partial charge is 0.0642 e. The van der Waals surface area contributed by atoms with Crippen molar-refractivity contribution < 1.29 is 4.74 Å². The summed E-state index contributed by atoms with van der Waals surface area (Å²) in [5.74, 6) is 0.648. The van der Waals surface area contributed by atoms with E-state index < -0.39 is 0 Å². The Bertz CT molecular complexity index is 403. The van der Waals surface area contributed by atoms with Crippen LogP contribution in [0.2, 0.25) is 5.02 Å². The number of nitrogens with zero attached hydrogens (tertiary/aromatic N) is 1. The van der Waals surface area contributed by atoms with Crippen LogP contribution in [0.3, 0.4) is 0 Å². The molecule has 0 bridgehead atoms. The molecule has 1 aromatic carbocycles. The maximum Gasteiger partial charge on any atom is 0.0642 e. The molecular formula is C15H23ClN2O. The second kappa shape index (κ2) is 7.13. The minimum absolute atomic E-state index is 0.648. The molecule has 0 radical (unpaired) electrons. The number of anilines is 1. The van der Waals surface area contributed by atoms with Crippen molar-refractivity contribution in [2.24, 2.45) is 5.92 Å². The lowest BCUT2D eigenvalue weighted by atomic mass is 10.1. The molecule has 1 heterocycles. The number of morpholine rings is 1. The highest BCUT2D eigenvalue weighted by Gasteiger charge is 2.16. The Labute approximate surface area is 120 Å². The Morgan fingerprint density at radius 2 is 2.05 bits per heavy atom. The number of ether oxygens (including phenoxy) is 1. The second-order valence-corrected chi connectivity index (χ2v) is 5.77. The van der Waals surface area contributed by atoms with E-state index in [0.717, 1.165) is 44.4 Å². The van der Waals surface area contributed by atoms with Crippen LogP contribution in [0, 0.1) is 5.92 Å². The van der Waals surface area contributed by atoms with Crippen molar-refractivity contribution >= 4 is 17.3 Å². The maximum atomic E-state index is 6.37. The first-order valence-corrected chi connectivity index (χ1v) is 7.37. The SMILES string of the molecule is CC(C)CNCc1c(Cl)cccc1N1CCOCC1. The zero-order chi connectivity index (χ0) is 13.7. The van der Waals surface area contributed by atoms with Gasteiger partial charge in [0.15, 0.2) is 0 Å². The molecular weight excluding hydrogens is 260 g/mol. The Kier molecular flexibility index (Phi) is 5.49. The van der Waals surface area contributed by atoms with Crippen LogP contribution in [0.4, 0.5) is 5.69 Å². The lowest BCUT2D eigenvalue weighted by Crippen LogP contribution is -2.37. The zero-order valence-electron chi connectivity index (χ0n) is 11.8. The second-order valence-electron chi connectivity index (χ2n) is 5.36. The molecule has 0 atom stereocenters. The van der Waals surface area contributed by atoms with Crippen LogP contribution in [0.5, 0.6) is 0 Å². The summed E-state index contributed by atoms with van der Waals surface area (Å²) in [5, 5.41) is 4.33. The molecule has 0 unspecified atom stereocenters. The Morgan fingerprint density at radius 3 is 2.74 bits per heavy atom. The molecule has 19 heavy (non-hydrogen) atoms. The van der Waals surface area contributed by atoms with Gasteiger partial charge >= 0.3 is 0 Å². The lowest BCUT2D eigenvalue weighted by molar-refractivity contribution is 0.122. The Balaban J connectivity index is 2.10. The van der Waals surface area contributed by atoms with Gasteiger partial charge in [0, 0.05) is 35.9 Å². The topological polar surface area (TPSA) is 24.5 Å². The molecule has 106 valence electrons. The molecule has 1 aliphatic rings. The summed E-state index contributed by atoms with van der Waals surface area (Å²) in [6, 6.07) is 6.15. The van der Waals surface area contributed by atoms with Gasteiger partial charge in [0.2, 0.25) is 0 Å². The molecule has 1 fully saturated rings. The average Bonchev–Trinajstić information content (AvgIpc) is 2.41. The van der Waals surface area contributed by atoms with Crippen molar-refractivity contribution in [1.82, 2.24) is 5.32 Å². The van der Waals surface area contributed by atoms with Crippen LogP contribution >= 0.6 is 11.6 Å². The lowest BCUT2D eigenvalue weighted by Gasteiger charge is -2.31. The fourth-order valence-corrected chi connectivity index (χ4v) is 2.55. The van der Waals surface area contributed by atoms with E-state index in [1.54, 1.807) is 0 Å². The van der Waals surface area contributed by atoms with Crippen LogP contribution in [0.25, 0.3) is 0 Å². The van der Waals surface area contributed by atoms with Gasteiger partial charge in [0.1, 0.15) is 0 Å². The van der Waals surface area contributed by atoms with E-state index in [4.69, 9.17) is 16.3 Å². The first kappa shape index (κ1) is 14.6. The molecule has 0 aliphatic carbocycles. The number of benzene rings is 1. The minimum atomic E-state index is 0.648. The number of hydrogen-bond acceptors (Lipinski definition) is 3. The van der Waals surface area contributed by atoms with Gasteiger partial charge in [-0.2, -0.15) is 0 Å². The molecule has 1 aliphatic heterocycles. The summed E-state index contributed by atoms with van der Waals surface area (Å²) in [6.07, 6.45) is 0. The predicted molar refractivity (Wildman–Crippen MR) is 81.0 cm³/mol. The van der Waals surface area contributed by atoms with E-state index in [2.05, 4.69) is 30.1 Å². The van der Waals surface area contributed by atoms with E-state index in [1.807, 2.05) is 12.1 Å². The molecule has 0 saturated carbocycles. The standard InChI is InChI=1S/C15H23ClN2O/c1-12(2)10-17-11-13-14(16)4-3-5-15(13)18-6-8-19-9-7-18/h3-5,12,17H,6-11H2,1-2H3. The number of rotatable bonds is 5. The highest BCUT2D eigenvalue weighted by molar-refractivity contribution is 6.31. The van der Waals surface area contributed by atoms with Crippen LogP contribution in [0.1, 0.15) is 19.4 Å². The minimum Gasteiger partial charge on any atom is -0.378 e. The molecule has 0 spiro atoms. The van der Waals surface area contributed by atoms with Crippen molar-refractivity contribution in [2.75, 3.05) is 37.7 Å². The first-order valence-electron chi connectivity index (χ1n) is 6.99.